The summed E-state index contributed by atoms with van der Waals surface area (Å²) in [6, 6.07) is 2.53. The second-order valence-corrected chi connectivity index (χ2v) is 5.08. The summed E-state index contributed by atoms with van der Waals surface area (Å²) in [4.78, 5) is 22.5. The van der Waals surface area contributed by atoms with E-state index in [0.29, 0.717) is 11.7 Å². The monoisotopic (exact) mass is 327 g/mol. The van der Waals surface area contributed by atoms with Crippen molar-refractivity contribution in [1.29, 1.82) is 0 Å². The predicted molar refractivity (Wildman–Crippen MR) is 80.1 cm³/mol. The van der Waals surface area contributed by atoms with E-state index in [1.807, 2.05) is 0 Å². The standard InChI is InChI=1S/C11H10ClN5O3S/c1-2-13-9-7(12)3-6(4-8(9)17(19)20)10(18)15-11-16-14-5-21-11/h3-5,13H,2H2,1H3,(H,15,16,18). The lowest BCUT2D eigenvalue weighted by molar-refractivity contribution is -0.384. The Morgan fingerprint density at radius 2 is 2.29 bits per heavy atom. The number of amides is 1. The van der Waals surface area contributed by atoms with Gasteiger partial charge in [0.25, 0.3) is 11.6 Å². The first-order valence-corrected chi connectivity index (χ1v) is 7.08. The van der Waals surface area contributed by atoms with Crippen LogP contribution in [0.2, 0.25) is 5.02 Å². The Labute approximate surface area is 128 Å². The highest BCUT2D eigenvalue weighted by atomic mass is 35.5. The van der Waals surface area contributed by atoms with Gasteiger partial charge in [0.2, 0.25) is 5.13 Å². The molecular weight excluding hydrogens is 318 g/mol. The highest BCUT2D eigenvalue weighted by Gasteiger charge is 2.21. The summed E-state index contributed by atoms with van der Waals surface area (Å²) in [6.07, 6.45) is 0. The minimum atomic E-state index is -0.592. The number of halogens is 1. The summed E-state index contributed by atoms with van der Waals surface area (Å²) in [5.41, 5.74) is 1.46. The van der Waals surface area contributed by atoms with E-state index in [9.17, 15) is 14.9 Å². The fraction of sp³-hybridized carbons (Fsp3) is 0.182. The Hall–Kier alpha value is -2.26. The predicted octanol–water partition coefficient (Wildman–Crippen LogP) is 2.78. The van der Waals surface area contributed by atoms with Gasteiger partial charge >= 0.3 is 0 Å². The van der Waals surface area contributed by atoms with Gasteiger partial charge in [0.1, 0.15) is 11.2 Å². The normalized spacial score (nSPS) is 10.2. The van der Waals surface area contributed by atoms with Gasteiger partial charge in [-0.25, -0.2) is 0 Å². The van der Waals surface area contributed by atoms with Crippen LogP contribution in [0.4, 0.5) is 16.5 Å². The lowest BCUT2D eigenvalue weighted by atomic mass is 10.1. The molecule has 8 nitrogen and oxygen atoms in total. The second kappa shape index (κ2) is 6.46. The highest BCUT2D eigenvalue weighted by molar-refractivity contribution is 7.13. The molecule has 0 aliphatic rings. The topological polar surface area (TPSA) is 110 Å². The third-order valence-corrected chi connectivity index (χ3v) is 3.37. The first kappa shape index (κ1) is 15.1. The smallest absolute Gasteiger partial charge is 0.294 e. The van der Waals surface area contributed by atoms with Gasteiger partial charge in [-0.3, -0.25) is 20.2 Å². The zero-order valence-electron chi connectivity index (χ0n) is 10.8. The molecule has 1 heterocycles. The van der Waals surface area contributed by atoms with Crippen LogP contribution in [0.25, 0.3) is 0 Å². The summed E-state index contributed by atoms with van der Waals surface area (Å²) in [5, 5.41) is 24.0. The van der Waals surface area contributed by atoms with E-state index in [1.165, 1.54) is 17.6 Å². The molecule has 0 atom stereocenters. The number of nitro benzene ring substituents is 1. The number of rotatable bonds is 5. The fourth-order valence-electron chi connectivity index (χ4n) is 1.62. The summed E-state index contributed by atoms with van der Waals surface area (Å²) in [5.74, 6) is -0.542. The van der Waals surface area contributed by atoms with E-state index >= 15 is 0 Å². The lowest BCUT2D eigenvalue weighted by Crippen LogP contribution is -2.13. The van der Waals surface area contributed by atoms with Gasteiger partial charge in [0.15, 0.2) is 0 Å². The molecule has 0 aliphatic carbocycles. The number of carbonyl (C=O) groups is 1. The third-order valence-electron chi connectivity index (χ3n) is 2.46. The van der Waals surface area contributed by atoms with Crippen molar-refractivity contribution in [2.75, 3.05) is 17.2 Å². The molecule has 0 radical (unpaired) electrons. The maximum atomic E-state index is 12.0. The van der Waals surface area contributed by atoms with Gasteiger partial charge < -0.3 is 5.32 Å². The van der Waals surface area contributed by atoms with E-state index in [4.69, 9.17) is 11.6 Å². The molecule has 1 aromatic heterocycles. The van der Waals surface area contributed by atoms with Crippen molar-refractivity contribution in [3.63, 3.8) is 0 Å². The van der Waals surface area contributed by atoms with E-state index in [1.54, 1.807) is 6.92 Å². The van der Waals surface area contributed by atoms with Crippen molar-refractivity contribution in [2.24, 2.45) is 0 Å². The Morgan fingerprint density at radius 1 is 1.52 bits per heavy atom. The van der Waals surface area contributed by atoms with Crippen LogP contribution in [0.15, 0.2) is 17.6 Å². The highest BCUT2D eigenvalue weighted by Crippen LogP contribution is 2.34. The lowest BCUT2D eigenvalue weighted by Gasteiger charge is -2.09. The Bertz CT molecular complexity index is 677. The molecule has 0 saturated carbocycles. The number of anilines is 2. The molecule has 0 spiro atoms. The molecule has 0 aliphatic heterocycles. The molecule has 21 heavy (non-hydrogen) atoms. The first-order chi connectivity index (χ1) is 10.0. The minimum Gasteiger partial charge on any atom is -0.379 e. The molecular formula is C11H10ClN5O3S. The zero-order chi connectivity index (χ0) is 15.4. The molecule has 0 bridgehead atoms. The molecule has 110 valence electrons. The maximum absolute atomic E-state index is 12.0. The van der Waals surface area contributed by atoms with Gasteiger partial charge in [0, 0.05) is 18.2 Å². The Morgan fingerprint density at radius 3 is 2.86 bits per heavy atom. The molecule has 0 saturated heterocycles. The van der Waals surface area contributed by atoms with Gasteiger partial charge in [-0.15, -0.1) is 10.2 Å². The number of nitrogens with zero attached hydrogens (tertiary/aromatic N) is 3. The van der Waals surface area contributed by atoms with Crippen molar-refractivity contribution >= 4 is 45.4 Å². The number of hydrogen-bond acceptors (Lipinski definition) is 7. The van der Waals surface area contributed by atoms with Gasteiger partial charge in [-0.05, 0) is 13.0 Å². The van der Waals surface area contributed by atoms with Gasteiger partial charge in [-0.2, -0.15) is 0 Å². The van der Waals surface area contributed by atoms with Crippen molar-refractivity contribution < 1.29 is 9.72 Å². The molecule has 2 rings (SSSR count). The largest absolute Gasteiger partial charge is 0.379 e. The SMILES string of the molecule is CCNc1c(Cl)cc(C(=O)Nc2nncs2)cc1[N+](=O)[O-]. The third kappa shape index (κ3) is 3.44. The molecule has 0 unspecified atom stereocenters. The number of nitrogens with one attached hydrogen (secondary N) is 2. The second-order valence-electron chi connectivity index (χ2n) is 3.84. The van der Waals surface area contributed by atoms with Crippen LogP contribution >= 0.6 is 22.9 Å². The molecule has 1 amide bonds. The molecule has 2 N–H and O–H groups in total. The van der Waals surface area contributed by atoms with Crippen molar-refractivity contribution in [1.82, 2.24) is 10.2 Å². The summed E-state index contributed by atoms with van der Waals surface area (Å²) in [6.45, 7) is 2.26. The first-order valence-electron chi connectivity index (χ1n) is 5.82. The molecule has 10 heteroatoms. The van der Waals surface area contributed by atoms with Gasteiger partial charge in [0.05, 0.1) is 9.95 Å². The average Bonchev–Trinajstić information content (AvgIpc) is 2.93. The Kier molecular flexibility index (Phi) is 4.66. The van der Waals surface area contributed by atoms with Crippen LogP contribution in [0.3, 0.4) is 0 Å². The van der Waals surface area contributed by atoms with E-state index < -0.39 is 10.8 Å². The van der Waals surface area contributed by atoms with E-state index in [0.717, 1.165) is 11.3 Å². The number of benzene rings is 1. The zero-order valence-corrected chi connectivity index (χ0v) is 12.4. The van der Waals surface area contributed by atoms with E-state index in [-0.39, 0.29) is 22.0 Å². The fourth-order valence-corrected chi connectivity index (χ4v) is 2.34. The maximum Gasteiger partial charge on any atom is 0.294 e. The van der Waals surface area contributed by atoms with Crippen LogP contribution in [0.5, 0.6) is 0 Å². The number of aromatic nitrogens is 2. The van der Waals surface area contributed by atoms with Crippen LogP contribution in [0, 0.1) is 10.1 Å². The summed E-state index contributed by atoms with van der Waals surface area (Å²) < 4.78 is 0. The van der Waals surface area contributed by atoms with Crippen LogP contribution < -0.4 is 10.6 Å². The summed E-state index contributed by atoms with van der Waals surface area (Å²) in [7, 11) is 0. The minimum absolute atomic E-state index is 0.0727. The molecule has 2 aromatic rings. The number of nitro groups is 1. The summed E-state index contributed by atoms with van der Waals surface area (Å²) >= 11 is 7.15. The molecule has 1 aromatic carbocycles. The van der Waals surface area contributed by atoms with Crippen molar-refractivity contribution in [2.45, 2.75) is 6.92 Å². The van der Waals surface area contributed by atoms with Crippen LogP contribution in [-0.2, 0) is 0 Å². The molecule has 0 fully saturated rings. The van der Waals surface area contributed by atoms with Gasteiger partial charge in [-0.1, -0.05) is 22.9 Å². The van der Waals surface area contributed by atoms with Crippen molar-refractivity contribution in [3.8, 4) is 0 Å². The van der Waals surface area contributed by atoms with Crippen molar-refractivity contribution in [3.05, 3.63) is 38.3 Å². The number of carbonyl (C=O) groups excluding carboxylic acids is 1. The number of hydrogen-bond donors (Lipinski definition) is 2. The Balaban J connectivity index is 2.36. The van der Waals surface area contributed by atoms with Crippen LogP contribution in [-0.4, -0.2) is 27.6 Å². The van der Waals surface area contributed by atoms with Crippen LogP contribution in [0.1, 0.15) is 17.3 Å². The quantitative estimate of drug-likeness (QED) is 0.645. The van der Waals surface area contributed by atoms with E-state index in [2.05, 4.69) is 20.8 Å². The average molecular weight is 328 g/mol.